The summed E-state index contributed by atoms with van der Waals surface area (Å²) in [6.45, 7) is 12.6. The molecule has 1 unspecified atom stereocenters. The molecule has 0 radical (unpaired) electrons. The van der Waals surface area contributed by atoms with Crippen LogP contribution in [0, 0.1) is 6.92 Å². The van der Waals surface area contributed by atoms with Gasteiger partial charge in [0.25, 0.3) is 0 Å². The van der Waals surface area contributed by atoms with Crippen molar-refractivity contribution in [2.45, 2.75) is 47.1 Å². The monoisotopic (exact) mass is 524 g/mol. The third-order valence-electron chi connectivity index (χ3n) is 4.56. The first kappa shape index (κ1) is 30.7. The number of methoxy groups -OCH3 is 1. The Morgan fingerprint density at radius 2 is 1.80 bits per heavy atom. The Hall–Kier alpha value is -2.32. The summed E-state index contributed by atoms with van der Waals surface area (Å²) in [7, 11) is 1.59. The Bertz CT molecular complexity index is 946. The minimum Gasteiger partial charge on any atom is -0.493 e. The highest BCUT2D eigenvalue weighted by Crippen LogP contribution is 2.29. The smallest absolute Gasteiger partial charge is 0.162 e. The summed E-state index contributed by atoms with van der Waals surface area (Å²) in [6, 6.07) is 8.88. The van der Waals surface area contributed by atoms with Crippen molar-refractivity contribution in [2.24, 2.45) is 0 Å². The van der Waals surface area contributed by atoms with Gasteiger partial charge in [0, 0.05) is 31.1 Å². The summed E-state index contributed by atoms with van der Waals surface area (Å²) in [5.74, 6) is 1.67. The summed E-state index contributed by atoms with van der Waals surface area (Å²) in [5.41, 5.74) is 1.56. The van der Waals surface area contributed by atoms with Crippen LogP contribution in [0.1, 0.15) is 39.7 Å². The number of halogens is 2. The fourth-order valence-electron chi connectivity index (χ4n) is 2.90. The lowest BCUT2D eigenvalue weighted by atomic mass is 10.2. The van der Waals surface area contributed by atoms with E-state index in [0.717, 1.165) is 24.2 Å². The number of aryl methyl sites for hydroxylation is 1. The zero-order valence-electron chi connectivity index (χ0n) is 21.5. The molecule has 194 valence electrons. The van der Waals surface area contributed by atoms with Gasteiger partial charge < -0.3 is 24.8 Å². The van der Waals surface area contributed by atoms with Crippen LogP contribution in [-0.2, 0) is 4.74 Å². The van der Waals surface area contributed by atoms with E-state index in [4.69, 9.17) is 37.4 Å². The van der Waals surface area contributed by atoms with Crippen LogP contribution in [0.15, 0.2) is 42.9 Å². The maximum Gasteiger partial charge on any atom is 0.162 e. The van der Waals surface area contributed by atoms with E-state index in [0.29, 0.717) is 47.1 Å². The molecule has 0 bridgehead atoms. The molecule has 9 heteroatoms. The molecule has 1 aromatic heterocycles. The number of ether oxygens (including phenoxy) is 3. The van der Waals surface area contributed by atoms with E-state index >= 15 is 0 Å². The second-order valence-electron chi connectivity index (χ2n) is 7.16. The van der Waals surface area contributed by atoms with Crippen molar-refractivity contribution in [1.82, 2.24) is 15.3 Å². The second kappa shape index (κ2) is 18.0. The first-order valence-electron chi connectivity index (χ1n) is 11.9. The van der Waals surface area contributed by atoms with Crippen molar-refractivity contribution in [2.75, 3.05) is 38.7 Å². The topological polar surface area (TPSA) is 77.5 Å². The van der Waals surface area contributed by atoms with Crippen LogP contribution in [0.4, 0.5) is 11.5 Å². The second-order valence-corrected chi connectivity index (χ2v) is 7.98. The Kier molecular flexibility index (Phi) is 15.8. The van der Waals surface area contributed by atoms with Gasteiger partial charge in [0.1, 0.15) is 24.9 Å². The van der Waals surface area contributed by atoms with Crippen molar-refractivity contribution in [3.63, 3.8) is 0 Å². The Morgan fingerprint density at radius 1 is 1.03 bits per heavy atom. The maximum atomic E-state index is 6.14. The molecule has 0 spiro atoms. The average Bonchev–Trinajstić information content (AvgIpc) is 2.86. The van der Waals surface area contributed by atoms with Gasteiger partial charge in [-0.1, -0.05) is 44.0 Å². The molecular weight excluding hydrogens is 487 g/mol. The predicted molar refractivity (Wildman–Crippen MR) is 146 cm³/mol. The molecule has 0 aliphatic rings. The van der Waals surface area contributed by atoms with E-state index in [1.807, 2.05) is 39.8 Å². The average molecular weight is 526 g/mol. The van der Waals surface area contributed by atoms with Gasteiger partial charge in [0.05, 0.1) is 17.2 Å². The van der Waals surface area contributed by atoms with Crippen LogP contribution in [0.25, 0.3) is 0 Å². The molecule has 1 atom stereocenters. The molecule has 0 saturated heterocycles. The lowest BCUT2D eigenvalue weighted by Crippen LogP contribution is -2.34. The van der Waals surface area contributed by atoms with E-state index in [2.05, 4.69) is 27.5 Å². The van der Waals surface area contributed by atoms with Crippen LogP contribution >= 0.6 is 23.2 Å². The summed E-state index contributed by atoms with van der Waals surface area (Å²) in [4.78, 5) is 8.63. The largest absolute Gasteiger partial charge is 0.493 e. The molecule has 1 heterocycles. The van der Waals surface area contributed by atoms with E-state index < -0.39 is 0 Å². The van der Waals surface area contributed by atoms with Crippen molar-refractivity contribution in [3.8, 4) is 11.5 Å². The number of rotatable bonds is 12. The van der Waals surface area contributed by atoms with Gasteiger partial charge >= 0.3 is 0 Å². The molecule has 0 aliphatic heterocycles. The zero-order chi connectivity index (χ0) is 26.1. The minimum absolute atomic E-state index is 0.0852. The summed E-state index contributed by atoms with van der Waals surface area (Å²) < 4.78 is 17.5. The Labute approximate surface area is 219 Å². The fourth-order valence-corrected chi connectivity index (χ4v) is 3.20. The van der Waals surface area contributed by atoms with E-state index in [1.54, 1.807) is 31.5 Å². The number of hydrogen-bond acceptors (Lipinski definition) is 7. The first-order valence-corrected chi connectivity index (χ1v) is 12.6. The SMILES string of the molecule is CC.CCCNCC(COc1ccncnc(Nc2ccc(Cl)c(Cl)c2)c(C)cc1OC)OCC. The van der Waals surface area contributed by atoms with Gasteiger partial charge in [-0.3, -0.25) is 0 Å². The molecule has 7 nitrogen and oxygen atoms in total. The Morgan fingerprint density at radius 3 is 2.46 bits per heavy atom. The lowest BCUT2D eigenvalue weighted by molar-refractivity contribution is 0.0277. The molecule has 0 aliphatic carbocycles. The Balaban J connectivity index is 0.00000298. The van der Waals surface area contributed by atoms with Gasteiger partial charge in [-0.05, 0) is 56.6 Å². The van der Waals surface area contributed by atoms with Crippen molar-refractivity contribution >= 4 is 34.7 Å². The standard InChI is InChI=1S/C24H32Cl2N4O3.C2H6/c1-5-10-27-14-19(32-6-2)15-33-22-9-11-28-16-29-24(17(3)12-23(22)31-4)30-18-7-8-20(25)21(26)13-18;1-2/h7-9,11-13,16,19,27H,5-6,10,14-15H2,1-4H3,(H,28,29,30);1-2H3. The lowest BCUT2D eigenvalue weighted by Gasteiger charge is -2.19. The number of hydrogen-bond donors (Lipinski definition) is 2. The molecule has 2 N–H and O–H groups in total. The first-order chi connectivity index (χ1) is 17.0. The number of nitrogens with zero attached hydrogens (tertiary/aromatic N) is 2. The van der Waals surface area contributed by atoms with Crippen molar-refractivity contribution in [1.29, 1.82) is 0 Å². The van der Waals surface area contributed by atoms with Crippen molar-refractivity contribution in [3.05, 3.63) is 58.5 Å². The van der Waals surface area contributed by atoms with Gasteiger partial charge in [-0.25, -0.2) is 9.97 Å². The van der Waals surface area contributed by atoms with Gasteiger partial charge in [-0.2, -0.15) is 0 Å². The number of benzene rings is 1. The molecular formula is C26H38Cl2N4O3. The zero-order valence-corrected chi connectivity index (χ0v) is 23.0. The molecule has 0 amide bonds. The summed E-state index contributed by atoms with van der Waals surface area (Å²) in [5, 5.41) is 7.55. The maximum absolute atomic E-state index is 6.14. The minimum atomic E-state index is -0.0852. The van der Waals surface area contributed by atoms with Crippen LogP contribution in [0.3, 0.4) is 0 Å². The summed E-state index contributed by atoms with van der Waals surface area (Å²) in [6.07, 6.45) is 4.04. The van der Waals surface area contributed by atoms with E-state index in [1.165, 1.54) is 6.33 Å². The fraction of sp³-hybridized carbons (Fsp3) is 0.462. The van der Waals surface area contributed by atoms with E-state index in [-0.39, 0.29) is 6.10 Å². The van der Waals surface area contributed by atoms with Crippen LogP contribution in [-0.4, -0.2) is 49.5 Å². The van der Waals surface area contributed by atoms with Crippen LogP contribution in [0.5, 0.6) is 11.5 Å². The highest BCUT2D eigenvalue weighted by molar-refractivity contribution is 6.42. The number of aromatic nitrogens is 2. The van der Waals surface area contributed by atoms with Crippen LogP contribution in [0.2, 0.25) is 10.0 Å². The normalized spacial score (nSPS) is 11.0. The molecule has 35 heavy (non-hydrogen) atoms. The number of nitrogens with one attached hydrogen (secondary N) is 2. The van der Waals surface area contributed by atoms with Gasteiger partial charge in [0.2, 0.25) is 0 Å². The molecule has 0 saturated carbocycles. The third kappa shape index (κ3) is 11.3. The molecule has 1 aromatic carbocycles. The number of anilines is 2. The predicted octanol–water partition coefficient (Wildman–Crippen LogP) is 6.78. The molecule has 2 aromatic rings. The highest BCUT2D eigenvalue weighted by atomic mass is 35.5. The molecule has 2 rings (SSSR count). The highest BCUT2D eigenvalue weighted by Gasteiger charge is 2.11. The summed E-state index contributed by atoms with van der Waals surface area (Å²) >= 11 is 12.2. The third-order valence-corrected chi connectivity index (χ3v) is 5.30. The van der Waals surface area contributed by atoms with Crippen LogP contribution < -0.4 is 20.1 Å². The van der Waals surface area contributed by atoms with Crippen molar-refractivity contribution < 1.29 is 14.2 Å². The quantitative estimate of drug-likeness (QED) is 0.296. The molecule has 0 fully saturated rings. The van der Waals surface area contributed by atoms with Gasteiger partial charge in [-0.15, -0.1) is 0 Å². The van der Waals surface area contributed by atoms with Gasteiger partial charge in [0.15, 0.2) is 11.5 Å². The van der Waals surface area contributed by atoms with E-state index in [9.17, 15) is 0 Å².